The molecule has 1 aliphatic rings. The van der Waals surface area contributed by atoms with E-state index in [1.807, 2.05) is 39.8 Å². The van der Waals surface area contributed by atoms with Gasteiger partial charge < -0.3 is 10.0 Å². The second kappa shape index (κ2) is 8.41. The quantitative estimate of drug-likeness (QED) is 0.585. The van der Waals surface area contributed by atoms with Gasteiger partial charge in [-0.3, -0.25) is 14.9 Å². The Morgan fingerprint density at radius 3 is 2.20 bits per heavy atom. The van der Waals surface area contributed by atoms with Gasteiger partial charge in [-0.15, -0.1) is 0 Å². The molecule has 4 amide bonds. The molecule has 2 aromatic carbocycles. The van der Waals surface area contributed by atoms with Crippen LogP contribution in [0.15, 0.2) is 42.0 Å². The summed E-state index contributed by atoms with van der Waals surface area (Å²) in [4.78, 5) is 40.8. The van der Waals surface area contributed by atoms with E-state index >= 15 is 0 Å². The molecule has 0 spiro atoms. The molecule has 7 nitrogen and oxygen atoms in total. The van der Waals surface area contributed by atoms with Gasteiger partial charge in [-0.1, -0.05) is 6.07 Å². The maximum absolute atomic E-state index is 13.0. The summed E-state index contributed by atoms with van der Waals surface area (Å²) >= 11 is 0. The van der Waals surface area contributed by atoms with Gasteiger partial charge in [0.1, 0.15) is 11.3 Å². The SMILES string of the molecule is CCN(CC)c1ccc(C=C2C(=O)NC(=O)N(c3cc(C)cc(C)c3)C2=O)c(O)c1. The van der Waals surface area contributed by atoms with Crippen LogP contribution in [0.25, 0.3) is 6.08 Å². The average Bonchev–Trinajstić information content (AvgIpc) is 2.66. The Bertz CT molecular complexity index is 1030. The molecular formula is C23H25N3O4. The number of carbonyl (C=O) groups is 3. The van der Waals surface area contributed by atoms with E-state index in [1.54, 1.807) is 24.3 Å². The smallest absolute Gasteiger partial charge is 0.335 e. The van der Waals surface area contributed by atoms with Gasteiger partial charge in [-0.05, 0) is 69.2 Å². The van der Waals surface area contributed by atoms with E-state index in [1.165, 1.54) is 6.08 Å². The van der Waals surface area contributed by atoms with E-state index in [2.05, 4.69) is 10.2 Å². The highest BCUT2D eigenvalue weighted by atomic mass is 16.3. The summed E-state index contributed by atoms with van der Waals surface area (Å²) in [7, 11) is 0. The number of nitrogens with one attached hydrogen (secondary N) is 1. The number of phenols is 1. The molecular weight excluding hydrogens is 382 g/mol. The highest BCUT2D eigenvalue weighted by molar-refractivity contribution is 6.39. The molecule has 3 rings (SSSR count). The summed E-state index contributed by atoms with van der Waals surface area (Å²) in [5.41, 5.74) is 3.09. The number of barbiturate groups is 1. The molecule has 1 fully saturated rings. The van der Waals surface area contributed by atoms with Crippen molar-refractivity contribution in [2.45, 2.75) is 27.7 Å². The van der Waals surface area contributed by atoms with Crippen LogP contribution in [0, 0.1) is 13.8 Å². The van der Waals surface area contributed by atoms with Crippen LogP contribution in [0.3, 0.4) is 0 Å². The Kier molecular flexibility index (Phi) is 5.91. The molecule has 1 aliphatic heterocycles. The molecule has 30 heavy (non-hydrogen) atoms. The van der Waals surface area contributed by atoms with Crippen LogP contribution in [0.4, 0.5) is 16.2 Å². The van der Waals surface area contributed by atoms with Gasteiger partial charge in [0.25, 0.3) is 11.8 Å². The lowest BCUT2D eigenvalue weighted by Crippen LogP contribution is -2.54. The van der Waals surface area contributed by atoms with E-state index in [4.69, 9.17) is 0 Å². The molecule has 0 bridgehead atoms. The topological polar surface area (TPSA) is 90.0 Å². The van der Waals surface area contributed by atoms with E-state index < -0.39 is 17.8 Å². The molecule has 0 atom stereocenters. The van der Waals surface area contributed by atoms with Crippen molar-refractivity contribution < 1.29 is 19.5 Å². The number of urea groups is 1. The monoisotopic (exact) mass is 407 g/mol. The van der Waals surface area contributed by atoms with Crippen molar-refractivity contribution in [3.8, 4) is 5.75 Å². The first-order chi connectivity index (χ1) is 14.2. The largest absolute Gasteiger partial charge is 0.507 e. The van der Waals surface area contributed by atoms with Crippen LogP contribution >= 0.6 is 0 Å². The summed E-state index contributed by atoms with van der Waals surface area (Å²) in [6.45, 7) is 9.31. The number of nitrogens with zero attached hydrogens (tertiary/aromatic N) is 2. The molecule has 1 heterocycles. The van der Waals surface area contributed by atoms with E-state index in [0.717, 1.165) is 34.8 Å². The number of carbonyl (C=O) groups excluding carboxylic acids is 3. The predicted octanol–water partition coefficient (Wildman–Crippen LogP) is 3.52. The van der Waals surface area contributed by atoms with E-state index in [9.17, 15) is 19.5 Å². The first-order valence-electron chi connectivity index (χ1n) is 9.82. The number of anilines is 2. The maximum Gasteiger partial charge on any atom is 0.335 e. The fourth-order valence-electron chi connectivity index (χ4n) is 3.57. The lowest BCUT2D eigenvalue weighted by molar-refractivity contribution is -0.122. The van der Waals surface area contributed by atoms with Crippen LogP contribution in [-0.2, 0) is 9.59 Å². The van der Waals surface area contributed by atoms with Crippen LogP contribution in [0.1, 0.15) is 30.5 Å². The third-order valence-electron chi connectivity index (χ3n) is 5.01. The molecule has 0 saturated carbocycles. The first-order valence-corrected chi connectivity index (χ1v) is 9.82. The lowest BCUT2D eigenvalue weighted by Gasteiger charge is -2.27. The van der Waals surface area contributed by atoms with Crippen molar-refractivity contribution >= 4 is 35.3 Å². The minimum absolute atomic E-state index is 0.0534. The van der Waals surface area contributed by atoms with E-state index in [-0.39, 0.29) is 11.3 Å². The summed E-state index contributed by atoms with van der Waals surface area (Å²) < 4.78 is 0. The fraction of sp³-hybridized carbons (Fsp3) is 0.261. The van der Waals surface area contributed by atoms with E-state index in [0.29, 0.717) is 11.3 Å². The second-order valence-electron chi connectivity index (χ2n) is 7.22. The van der Waals surface area contributed by atoms with Gasteiger partial charge in [0, 0.05) is 30.4 Å². The number of benzene rings is 2. The summed E-state index contributed by atoms with van der Waals surface area (Å²) in [6, 6.07) is 9.59. The predicted molar refractivity (Wildman–Crippen MR) is 117 cm³/mol. The molecule has 0 unspecified atom stereocenters. The van der Waals surface area contributed by atoms with Crippen LogP contribution < -0.4 is 15.1 Å². The number of phenolic OH excluding ortho intramolecular Hbond substituents is 1. The Morgan fingerprint density at radius 1 is 1.00 bits per heavy atom. The second-order valence-corrected chi connectivity index (χ2v) is 7.22. The Balaban J connectivity index is 2.00. The molecule has 156 valence electrons. The van der Waals surface area contributed by atoms with Crippen molar-refractivity contribution in [3.63, 3.8) is 0 Å². The number of hydrogen-bond donors (Lipinski definition) is 2. The molecule has 1 saturated heterocycles. The number of amides is 4. The summed E-state index contributed by atoms with van der Waals surface area (Å²) in [5, 5.41) is 12.7. The van der Waals surface area contributed by atoms with Crippen molar-refractivity contribution in [1.29, 1.82) is 0 Å². The van der Waals surface area contributed by atoms with Gasteiger partial charge in [0.05, 0.1) is 5.69 Å². The highest BCUT2D eigenvalue weighted by Gasteiger charge is 2.37. The number of hydrogen-bond acceptors (Lipinski definition) is 5. The third kappa shape index (κ3) is 4.05. The molecule has 7 heteroatoms. The standard InChI is InChI=1S/C23H25N3O4/c1-5-25(6-2)17-8-7-16(20(27)13-17)12-19-21(28)24-23(30)26(22(19)29)18-10-14(3)9-15(4)11-18/h7-13,27H,5-6H2,1-4H3,(H,24,28,30). The Morgan fingerprint density at radius 2 is 1.63 bits per heavy atom. The number of imide groups is 2. The van der Waals surface area contributed by atoms with Gasteiger partial charge in [-0.2, -0.15) is 0 Å². The molecule has 2 aromatic rings. The lowest BCUT2D eigenvalue weighted by atomic mass is 10.0. The molecule has 0 aromatic heterocycles. The van der Waals surface area contributed by atoms with Gasteiger partial charge in [0.15, 0.2) is 0 Å². The maximum atomic E-state index is 13.0. The average molecular weight is 407 g/mol. The van der Waals surface area contributed by atoms with Crippen molar-refractivity contribution in [2.24, 2.45) is 0 Å². The van der Waals surface area contributed by atoms with Crippen LogP contribution in [0.2, 0.25) is 0 Å². The van der Waals surface area contributed by atoms with Crippen LogP contribution in [-0.4, -0.2) is 36.0 Å². The normalized spacial score (nSPS) is 15.5. The minimum atomic E-state index is -0.798. The van der Waals surface area contributed by atoms with Crippen LogP contribution in [0.5, 0.6) is 5.75 Å². The molecule has 0 radical (unpaired) electrons. The Hall–Kier alpha value is -3.61. The van der Waals surface area contributed by atoms with Crippen molar-refractivity contribution in [2.75, 3.05) is 22.9 Å². The fourth-order valence-corrected chi connectivity index (χ4v) is 3.57. The summed E-state index contributed by atoms with van der Waals surface area (Å²) in [5.74, 6) is -1.58. The zero-order valence-corrected chi connectivity index (χ0v) is 17.5. The number of rotatable bonds is 5. The third-order valence-corrected chi connectivity index (χ3v) is 5.01. The number of aryl methyl sites for hydroxylation is 2. The van der Waals surface area contributed by atoms with Crippen molar-refractivity contribution in [1.82, 2.24) is 5.32 Å². The highest BCUT2D eigenvalue weighted by Crippen LogP contribution is 2.29. The number of aromatic hydroxyl groups is 1. The van der Waals surface area contributed by atoms with Gasteiger partial charge in [0.2, 0.25) is 0 Å². The zero-order valence-electron chi connectivity index (χ0n) is 17.5. The first kappa shape index (κ1) is 21.1. The zero-order chi connectivity index (χ0) is 22.0. The summed E-state index contributed by atoms with van der Waals surface area (Å²) in [6.07, 6.45) is 1.31. The van der Waals surface area contributed by atoms with Gasteiger partial charge in [-0.25, -0.2) is 9.69 Å². The Labute approximate surface area is 175 Å². The van der Waals surface area contributed by atoms with Gasteiger partial charge >= 0.3 is 6.03 Å². The minimum Gasteiger partial charge on any atom is -0.507 e. The van der Waals surface area contributed by atoms with Crippen molar-refractivity contribution in [3.05, 3.63) is 58.7 Å². The molecule has 0 aliphatic carbocycles. The molecule has 2 N–H and O–H groups in total.